The van der Waals surface area contributed by atoms with Crippen LogP contribution in [0.3, 0.4) is 0 Å². The van der Waals surface area contributed by atoms with Gasteiger partial charge in [-0.3, -0.25) is 0 Å². The molecule has 2 nitrogen and oxygen atoms in total. The van der Waals surface area contributed by atoms with Gasteiger partial charge in [-0.15, -0.1) is 0 Å². The van der Waals surface area contributed by atoms with Gasteiger partial charge in [0.15, 0.2) is 0 Å². The molecule has 0 heterocycles. The average Bonchev–Trinajstić information content (AvgIpc) is 2.19. The third-order valence-electron chi connectivity index (χ3n) is 1.83. The van der Waals surface area contributed by atoms with Gasteiger partial charge in [0, 0.05) is 17.8 Å². The third-order valence-corrected chi connectivity index (χ3v) is 2.15. The van der Waals surface area contributed by atoms with Gasteiger partial charge in [-0.2, -0.15) is 0 Å². The van der Waals surface area contributed by atoms with E-state index in [0.717, 1.165) is 22.4 Å². The van der Waals surface area contributed by atoms with Gasteiger partial charge in [-0.1, -0.05) is 36.5 Å². The molecule has 0 saturated heterocycles. The van der Waals surface area contributed by atoms with E-state index in [0.29, 0.717) is 6.54 Å². The second kappa shape index (κ2) is 5.07. The van der Waals surface area contributed by atoms with E-state index in [1.165, 1.54) is 0 Å². The van der Waals surface area contributed by atoms with Crippen molar-refractivity contribution in [1.29, 1.82) is 0 Å². The van der Waals surface area contributed by atoms with Crippen LogP contribution in [0.25, 0.3) is 0 Å². The molecule has 0 saturated carbocycles. The van der Waals surface area contributed by atoms with Crippen LogP contribution in [0.5, 0.6) is 0 Å². The molecule has 0 atom stereocenters. The molecule has 0 bridgehead atoms. The van der Waals surface area contributed by atoms with Crippen LogP contribution >= 0.6 is 12.2 Å². The first kappa shape index (κ1) is 10.3. The summed E-state index contributed by atoms with van der Waals surface area (Å²) in [5.74, 6) is 0. The molecule has 0 fully saturated rings. The monoisotopic (exact) mass is 195 g/mol. The highest BCUT2D eigenvalue weighted by Gasteiger charge is 1.97. The highest BCUT2D eigenvalue weighted by molar-refractivity contribution is 7.80. The lowest BCUT2D eigenvalue weighted by atomic mass is 10.1. The van der Waals surface area contributed by atoms with Gasteiger partial charge in [-0.05, 0) is 11.1 Å². The van der Waals surface area contributed by atoms with Crippen LogP contribution in [0.4, 0.5) is 0 Å². The molecule has 3 heteroatoms. The van der Waals surface area contributed by atoms with Crippen LogP contribution < -0.4 is 5.73 Å². The molecule has 1 rings (SSSR count). The predicted molar refractivity (Wildman–Crippen MR) is 57.7 cm³/mol. The molecule has 1 aromatic carbocycles. The Hall–Kier alpha value is -0.770. The Kier molecular flexibility index (Phi) is 4.02. The molecule has 0 radical (unpaired) electrons. The normalized spacial score (nSPS) is 10.0. The molecule has 1 aromatic rings. The van der Waals surface area contributed by atoms with E-state index in [-0.39, 0.29) is 6.61 Å². The molecule has 0 aliphatic rings. The molecule has 3 N–H and O–H groups in total. The molecular weight excluding hydrogens is 182 g/mol. The number of aliphatic hydroxyl groups excluding tert-OH is 1. The lowest BCUT2D eigenvalue weighted by Gasteiger charge is -2.02. The van der Waals surface area contributed by atoms with Crippen molar-refractivity contribution in [2.24, 2.45) is 5.73 Å². The minimum atomic E-state index is 0.0849. The molecule has 13 heavy (non-hydrogen) atoms. The van der Waals surface area contributed by atoms with Crippen molar-refractivity contribution < 1.29 is 5.11 Å². The summed E-state index contributed by atoms with van der Waals surface area (Å²) in [6.07, 6.45) is 0.748. The molecule has 0 aliphatic carbocycles. The van der Waals surface area contributed by atoms with E-state index in [1.54, 1.807) is 0 Å². The van der Waals surface area contributed by atoms with E-state index in [4.69, 9.17) is 23.1 Å². The van der Waals surface area contributed by atoms with Crippen LogP contribution in [0.2, 0.25) is 0 Å². The van der Waals surface area contributed by atoms with Crippen molar-refractivity contribution in [3.05, 3.63) is 35.4 Å². The molecule has 0 spiro atoms. The van der Waals surface area contributed by atoms with Crippen LogP contribution in [0.1, 0.15) is 11.1 Å². The first-order valence-electron chi connectivity index (χ1n) is 4.16. The fourth-order valence-electron chi connectivity index (χ4n) is 1.06. The van der Waals surface area contributed by atoms with Gasteiger partial charge in [0.1, 0.15) is 0 Å². The number of rotatable bonds is 4. The summed E-state index contributed by atoms with van der Waals surface area (Å²) < 4.78 is 0. The minimum Gasteiger partial charge on any atom is -0.392 e. The highest BCUT2D eigenvalue weighted by atomic mass is 32.1. The maximum Gasteiger partial charge on any atom is 0.0681 e. The van der Waals surface area contributed by atoms with Crippen LogP contribution in [-0.2, 0) is 13.0 Å². The molecule has 0 aromatic heterocycles. The van der Waals surface area contributed by atoms with Crippen molar-refractivity contribution in [3.8, 4) is 0 Å². The quantitative estimate of drug-likeness (QED) is 0.706. The summed E-state index contributed by atoms with van der Waals surface area (Å²) in [6, 6.07) is 7.73. The van der Waals surface area contributed by atoms with Crippen molar-refractivity contribution in [2.75, 3.05) is 6.54 Å². The van der Waals surface area contributed by atoms with Crippen molar-refractivity contribution in [2.45, 2.75) is 13.0 Å². The Labute approximate surface area is 83.4 Å². The van der Waals surface area contributed by atoms with Gasteiger partial charge in [0.05, 0.1) is 6.61 Å². The number of aliphatic hydroxyl groups is 1. The minimum absolute atomic E-state index is 0.0849. The summed E-state index contributed by atoms with van der Waals surface area (Å²) in [5.41, 5.74) is 7.46. The van der Waals surface area contributed by atoms with E-state index >= 15 is 0 Å². The van der Waals surface area contributed by atoms with E-state index in [1.807, 2.05) is 24.3 Å². The maximum atomic E-state index is 8.81. The molecular formula is C10H13NOS. The van der Waals surface area contributed by atoms with Crippen LogP contribution in [-0.4, -0.2) is 16.5 Å². The first-order chi connectivity index (χ1) is 6.26. The van der Waals surface area contributed by atoms with Gasteiger partial charge < -0.3 is 10.8 Å². The molecule has 0 aliphatic heterocycles. The average molecular weight is 195 g/mol. The molecule has 70 valence electrons. The number of nitrogens with two attached hydrogens (primary N) is 1. The Balaban J connectivity index is 2.64. The number of benzene rings is 1. The fourth-order valence-corrected chi connectivity index (χ4v) is 1.23. The summed E-state index contributed by atoms with van der Waals surface area (Å²) in [4.78, 5) is 0.858. The lowest BCUT2D eigenvalue weighted by molar-refractivity contribution is 0.282. The molecule has 0 amide bonds. The second-order valence-corrected chi connectivity index (χ2v) is 3.47. The molecule has 0 unspecified atom stereocenters. The van der Waals surface area contributed by atoms with Crippen molar-refractivity contribution >= 4 is 17.1 Å². The summed E-state index contributed by atoms with van der Waals surface area (Å²) >= 11 is 5.02. The van der Waals surface area contributed by atoms with Crippen LogP contribution in [0.15, 0.2) is 24.3 Å². The van der Waals surface area contributed by atoms with Crippen molar-refractivity contribution in [3.63, 3.8) is 0 Å². The number of hydrogen-bond donors (Lipinski definition) is 2. The Bertz CT molecular complexity index is 281. The van der Waals surface area contributed by atoms with E-state index in [2.05, 4.69) is 0 Å². The first-order valence-corrected chi connectivity index (χ1v) is 4.57. The largest absolute Gasteiger partial charge is 0.392 e. The van der Waals surface area contributed by atoms with Crippen molar-refractivity contribution in [1.82, 2.24) is 0 Å². The predicted octanol–water partition coefficient (Wildman–Crippen LogP) is 1.05. The van der Waals surface area contributed by atoms with E-state index < -0.39 is 0 Å². The zero-order valence-corrected chi connectivity index (χ0v) is 8.18. The van der Waals surface area contributed by atoms with Gasteiger partial charge in [0.25, 0.3) is 0 Å². The highest BCUT2D eigenvalue weighted by Crippen LogP contribution is 2.05. The Morgan fingerprint density at radius 2 is 1.77 bits per heavy atom. The standard InChI is InChI=1S/C10H13NOS/c11-6-10(13)5-8-1-3-9(7-12)4-2-8/h1-4,12H,5-7,11H2. The Morgan fingerprint density at radius 1 is 1.23 bits per heavy atom. The summed E-state index contributed by atoms with van der Waals surface area (Å²) in [5, 5.41) is 8.81. The second-order valence-electron chi connectivity index (χ2n) is 2.89. The fraction of sp³-hybridized carbons (Fsp3) is 0.300. The topological polar surface area (TPSA) is 46.2 Å². The van der Waals surface area contributed by atoms with E-state index in [9.17, 15) is 0 Å². The SMILES string of the molecule is NCC(=S)Cc1ccc(CO)cc1. The van der Waals surface area contributed by atoms with Gasteiger partial charge in [0.2, 0.25) is 0 Å². The van der Waals surface area contributed by atoms with Gasteiger partial charge in [-0.25, -0.2) is 0 Å². The summed E-state index contributed by atoms with van der Waals surface area (Å²) in [6.45, 7) is 0.540. The zero-order valence-electron chi connectivity index (χ0n) is 7.36. The maximum absolute atomic E-state index is 8.81. The zero-order chi connectivity index (χ0) is 9.68. The Morgan fingerprint density at radius 3 is 2.23 bits per heavy atom. The summed E-state index contributed by atoms with van der Waals surface area (Å²) in [7, 11) is 0. The third kappa shape index (κ3) is 3.22. The number of thiocarbonyl (C=S) groups is 1. The van der Waals surface area contributed by atoms with Crippen LogP contribution in [0, 0.1) is 0 Å². The number of hydrogen-bond acceptors (Lipinski definition) is 3. The lowest BCUT2D eigenvalue weighted by Crippen LogP contribution is -2.13. The van der Waals surface area contributed by atoms with Gasteiger partial charge >= 0.3 is 0 Å². The smallest absolute Gasteiger partial charge is 0.0681 e.